The summed E-state index contributed by atoms with van der Waals surface area (Å²) >= 11 is 0. The van der Waals surface area contributed by atoms with Gasteiger partial charge in [0.05, 0.1) is 12.1 Å². The normalized spacial score (nSPS) is 20.3. The van der Waals surface area contributed by atoms with E-state index in [1.165, 1.54) is 0 Å². The zero-order chi connectivity index (χ0) is 28.8. The van der Waals surface area contributed by atoms with E-state index in [-0.39, 0.29) is 23.6 Å². The highest BCUT2D eigenvalue weighted by molar-refractivity contribution is 6.74. The van der Waals surface area contributed by atoms with E-state index in [0.29, 0.717) is 19.6 Å². The molecule has 1 aliphatic rings. The van der Waals surface area contributed by atoms with Crippen LogP contribution in [-0.4, -0.2) is 50.2 Å². The predicted molar refractivity (Wildman–Crippen MR) is 157 cm³/mol. The van der Waals surface area contributed by atoms with Gasteiger partial charge in [-0.05, 0) is 56.5 Å². The van der Waals surface area contributed by atoms with Crippen LogP contribution in [0, 0.1) is 5.92 Å². The molecule has 214 valence electrons. The third-order valence-corrected chi connectivity index (χ3v) is 12.0. The molecule has 1 saturated heterocycles. The molecule has 3 atom stereocenters. The van der Waals surface area contributed by atoms with Crippen LogP contribution < -0.4 is 5.32 Å². The Balaban J connectivity index is 1.90. The molecule has 1 fully saturated rings. The van der Waals surface area contributed by atoms with Crippen molar-refractivity contribution in [2.45, 2.75) is 90.4 Å². The van der Waals surface area contributed by atoms with Crippen LogP contribution in [0.5, 0.6) is 0 Å². The average molecular weight is 555 g/mol. The summed E-state index contributed by atoms with van der Waals surface area (Å²) in [5, 5.41) is 3.15. The molecule has 8 heteroatoms. The second kappa shape index (κ2) is 12.6. The molecule has 39 heavy (non-hydrogen) atoms. The maximum absolute atomic E-state index is 13.6. The van der Waals surface area contributed by atoms with Crippen LogP contribution in [0.4, 0.5) is 9.59 Å². The minimum Gasteiger partial charge on any atom is -0.445 e. The molecule has 0 bridgehead atoms. The summed E-state index contributed by atoms with van der Waals surface area (Å²) in [5.41, 5.74) is 1.21. The molecule has 1 heterocycles. The van der Waals surface area contributed by atoms with E-state index in [1.807, 2.05) is 81.4 Å². The number of amides is 2. The first kappa shape index (κ1) is 30.7. The van der Waals surface area contributed by atoms with Gasteiger partial charge in [-0.1, -0.05) is 81.4 Å². The largest absolute Gasteiger partial charge is 0.445 e. The molecule has 3 rings (SSSR count). The molecule has 0 aliphatic carbocycles. The van der Waals surface area contributed by atoms with Crippen molar-refractivity contribution < 1.29 is 23.5 Å². The number of carbonyl (C=O) groups excluding carboxylic acids is 2. The van der Waals surface area contributed by atoms with Gasteiger partial charge in [-0.25, -0.2) is 9.59 Å². The number of rotatable bonds is 7. The number of benzene rings is 2. The van der Waals surface area contributed by atoms with Crippen LogP contribution in [0.3, 0.4) is 0 Å². The Hall–Kier alpha value is -2.84. The molecule has 1 aliphatic heterocycles. The van der Waals surface area contributed by atoms with Gasteiger partial charge in [-0.3, -0.25) is 4.90 Å². The predicted octanol–water partition coefficient (Wildman–Crippen LogP) is 7.30. The first-order valence-corrected chi connectivity index (χ1v) is 16.7. The Morgan fingerprint density at radius 2 is 1.54 bits per heavy atom. The van der Waals surface area contributed by atoms with E-state index in [0.717, 1.165) is 11.1 Å². The van der Waals surface area contributed by atoms with Gasteiger partial charge < -0.3 is 19.2 Å². The Morgan fingerprint density at radius 1 is 0.949 bits per heavy atom. The van der Waals surface area contributed by atoms with Crippen molar-refractivity contribution in [1.29, 1.82) is 0 Å². The third kappa shape index (κ3) is 8.83. The first-order chi connectivity index (χ1) is 18.2. The fourth-order valence-electron chi connectivity index (χ4n) is 4.48. The zero-order valence-electron chi connectivity index (χ0n) is 24.8. The molecule has 2 aromatic carbocycles. The average Bonchev–Trinajstić information content (AvgIpc) is 2.85. The third-order valence-electron chi connectivity index (χ3n) is 7.53. The maximum Gasteiger partial charge on any atom is 0.410 e. The number of nitrogens with zero attached hydrogens (tertiary/aromatic N) is 1. The fraction of sp³-hybridized carbons (Fsp3) is 0.548. The number of piperidine rings is 1. The number of alkyl carbamates (subject to hydrolysis) is 1. The van der Waals surface area contributed by atoms with E-state index in [2.05, 4.69) is 39.2 Å². The van der Waals surface area contributed by atoms with Gasteiger partial charge in [0.1, 0.15) is 12.2 Å². The smallest absolute Gasteiger partial charge is 0.410 e. The lowest BCUT2D eigenvalue weighted by Crippen LogP contribution is -2.56. The SMILES string of the molecule is CC(C)(C)OC(=O)N[C@@H]1C[C@@H](CO[Si](C)(C)C(C)(C)C)CN(C(=O)OCc2ccccc2)[C@H]1c1ccccc1. The van der Waals surface area contributed by atoms with Crippen LogP contribution in [0.1, 0.15) is 65.1 Å². The summed E-state index contributed by atoms with van der Waals surface area (Å²) in [4.78, 5) is 28.4. The molecule has 0 aromatic heterocycles. The zero-order valence-corrected chi connectivity index (χ0v) is 25.8. The Bertz CT molecular complexity index is 1080. The molecular formula is C31H46N2O5Si. The second-order valence-corrected chi connectivity index (χ2v) is 17.8. The van der Waals surface area contributed by atoms with E-state index in [9.17, 15) is 9.59 Å². The fourth-order valence-corrected chi connectivity index (χ4v) is 5.57. The van der Waals surface area contributed by atoms with E-state index >= 15 is 0 Å². The molecular weight excluding hydrogens is 508 g/mol. The first-order valence-electron chi connectivity index (χ1n) is 13.8. The second-order valence-electron chi connectivity index (χ2n) is 13.0. The van der Waals surface area contributed by atoms with Crippen LogP contribution in [0.15, 0.2) is 60.7 Å². The maximum atomic E-state index is 13.6. The monoisotopic (exact) mass is 554 g/mol. The number of ether oxygens (including phenoxy) is 2. The van der Waals surface area contributed by atoms with Gasteiger partial charge >= 0.3 is 12.2 Å². The lowest BCUT2D eigenvalue weighted by Gasteiger charge is -2.45. The van der Waals surface area contributed by atoms with Crippen molar-refractivity contribution >= 4 is 20.5 Å². The van der Waals surface area contributed by atoms with Crippen molar-refractivity contribution in [3.63, 3.8) is 0 Å². The lowest BCUT2D eigenvalue weighted by molar-refractivity contribution is 0.0173. The van der Waals surface area contributed by atoms with Gasteiger partial charge in [0.2, 0.25) is 0 Å². The molecule has 0 saturated carbocycles. The number of carbonyl (C=O) groups is 2. The van der Waals surface area contributed by atoms with E-state index in [1.54, 1.807) is 4.90 Å². The Labute approximate surface area is 235 Å². The summed E-state index contributed by atoms with van der Waals surface area (Å²) in [5.74, 6) is 0.0169. The number of nitrogens with one attached hydrogen (secondary N) is 1. The minimum absolute atomic E-state index is 0.0169. The molecule has 0 unspecified atom stereocenters. The Kier molecular flexibility index (Phi) is 9.88. The summed E-state index contributed by atoms with van der Waals surface area (Å²) < 4.78 is 18.0. The van der Waals surface area contributed by atoms with Gasteiger partial charge in [0, 0.05) is 19.1 Å². The lowest BCUT2D eigenvalue weighted by atomic mass is 9.85. The summed E-state index contributed by atoms with van der Waals surface area (Å²) in [6.07, 6.45) is -0.270. The molecule has 2 amide bonds. The molecule has 2 aromatic rings. The molecule has 0 radical (unpaired) electrons. The number of likely N-dealkylation sites (tertiary alicyclic amines) is 1. The van der Waals surface area contributed by atoms with Crippen molar-refractivity contribution in [3.8, 4) is 0 Å². The number of hydrogen-bond donors (Lipinski definition) is 1. The topological polar surface area (TPSA) is 77.1 Å². The summed E-state index contributed by atoms with van der Waals surface area (Å²) in [6.45, 7) is 17.8. The van der Waals surface area contributed by atoms with Crippen LogP contribution >= 0.6 is 0 Å². The van der Waals surface area contributed by atoms with Crippen LogP contribution in [0.25, 0.3) is 0 Å². The van der Waals surface area contributed by atoms with Crippen molar-refractivity contribution in [2.24, 2.45) is 5.92 Å². The van der Waals surface area contributed by atoms with E-state index < -0.39 is 32.1 Å². The van der Waals surface area contributed by atoms with Gasteiger partial charge in [-0.2, -0.15) is 0 Å². The van der Waals surface area contributed by atoms with Gasteiger partial charge in [0.25, 0.3) is 0 Å². The molecule has 1 N–H and O–H groups in total. The van der Waals surface area contributed by atoms with E-state index in [4.69, 9.17) is 13.9 Å². The van der Waals surface area contributed by atoms with Crippen LogP contribution in [0.2, 0.25) is 18.1 Å². The Morgan fingerprint density at radius 3 is 2.10 bits per heavy atom. The highest BCUT2D eigenvalue weighted by atomic mass is 28.4. The quantitative estimate of drug-likeness (QED) is 0.363. The molecule has 7 nitrogen and oxygen atoms in total. The molecule has 0 spiro atoms. The summed E-state index contributed by atoms with van der Waals surface area (Å²) in [6, 6.07) is 18.6. The highest BCUT2D eigenvalue weighted by Crippen LogP contribution is 2.39. The van der Waals surface area contributed by atoms with Crippen molar-refractivity contribution in [2.75, 3.05) is 13.2 Å². The van der Waals surface area contributed by atoms with Gasteiger partial charge in [0.15, 0.2) is 8.32 Å². The number of hydrogen-bond acceptors (Lipinski definition) is 5. The van der Waals surface area contributed by atoms with Crippen LogP contribution in [-0.2, 0) is 20.5 Å². The van der Waals surface area contributed by atoms with Crippen molar-refractivity contribution in [1.82, 2.24) is 10.2 Å². The summed E-state index contributed by atoms with van der Waals surface area (Å²) in [7, 11) is -2.01. The van der Waals surface area contributed by atoms with Gasteiger partial charge in [-0.15, -0.1) is 0 Å². The highest BCUT2D eigenvalue weighted by Gasteiger charge is 2.43. The van der Waals surface area contributed by atoms with Crippen molar-refractivity contribution in [3.05, 3.63) is 71.8 Å². The minimum atomic E-state index is -2.01. The standard InChI is InChI=1S/C31H46N2O5Si/c1-30(2,3)38-28(34)32-26-19-24(22-37-39(7,8)31(4,5)6)20-33(27(26)25-17-13-10-14-18-25)29(35)36-21-23-15-11-9-12-16-23/h9-18,24,26-27H,19-22H2,1-8H3,(H,32,34)/t24-,26-,27+/m1/s1.